The number of fused-ring (bicyclic) bond motifs is 1. The Bertz CT molecular complexity index is 858. The second-order valence-corrected chi connectivity index (χ2v) is 5.56. The summed E-state index contributed by atoms with van der Waals surface area (Å²) >= 11 is 6.27. The van der Waals surface area contributed by atoms with Crippen molar-refractivity contribution < 1.29 is 0 Å². The lowest BCUT2D eigenvalue weighted by atomic mass is 10.2. The van der Waals surface area contributed by atoms with Crippen molar-refractivity contribution in [1.82, 2.24) is 14.5 Å². The standard InChI is InChI=1S/C16H13ClN4/c1-10-7-13-16(19-9-10)21(15(20-13)11(2)17)14-6-4-3-5-12(14)8-18/h3-7,9,11H,1-2H3. The van der Waals surface area contributed by atoms with Gasteiger partial charge in [0.1, 0.15) is 17.4 Å². The molecule has 0 aliphatic rings. The normalized spacial score (nSPS) is 12.3. The molecule has 3 rings (SSSR count). The van der Waals surface area contributed by atoms with Gasteiger partial charge in [0.25, 0.3) is 0 Å². The average Bonchev–Trinajstić information content (AvgIpc) is 2.85. The molecule has 0 saturated carbocycles. The Morgan fingerprint density at radius 3 is 2.81 bits per heavy atom. The molecule has 21 heavy (non-hydrogen) atoms. The molecule has 0 bridgehead atoms. The number of para-hydroxylation sites is 1. The molecule has 0 N–H and O–H groups in total. The average molecular weight is 297 g/mol. The van der Waals surface area contributed by atoms with Crippen LogP contribution < -0.4 is 0 Å². The first kappa shape index (κ1) is 13.6. The molecule has 1 atom stereocenters. The van der Waals surface area contributed by atoms with Crippen LogP contribution >= 0.6 is 11.6 Å². The van der Waals surface area contributed by atoms with E-state index in [9.17, 15) is 5.26 Å². The van der Waals surface area contributed by atoms with E-state index in [0.717, 1.165) is 16.8 Å². The predicted octanol–water partition coefficient (Wildman–Crippen LogP) is 3.90. The smallest absolute Gasteiger partial charge is 0.164 e. The maximum atomic E-state index is 9.33. The highest BCUT2D eigenvalue weighted by atomic mass is 35.5. The van der Waals surface area contributed by atoms with Gasteiger partial charge in [0.05, 0.1) is 16.6 Å². The molecule has 0 saturated heterocycles. The number of aromatic nitrogens is 3. The number of alkyl halides is 1. The van der Waals surface area contributed by atoms with Crippen LogP contribution in [0.15, 0.2) is 36.5 Å². The Morgan fingerprint density at radius 2 is 2.10 bits per heavy atom. The summed E-state index contributed by atoms with van der Waals surface area (Å²) < 4.78 is 1.87. The Morgan fingerprint density at radius 1 is 1.33 bits per heavy atom. The van der Waals surface area contributed by atoms with Crippen molar-refractivity contribution in [2.75, 3.05) is 0 Å². The van der Waals surface area contributed by atoms with Crippen LogP contribution in [0, 0.1) is 18.3 Å². The Hall–Kier alpha value is -2.38. The molecule has 4 nitrogen and oxygen atoms in total. The number of hydrogen-bond donors (Lipinski definition) is 0. The van der Waals surface area contributed by atoms with E-state index in [1.807, 2.05) is 42.7 Å². The van der Waals surface area contributed by atoms with E-state index in [2.05, 4.69) is 16.0 Å². The third kappa shape index (κ3) is 2.26. The van der Waals surface area contributed by atoms with Crippen LogP contribution in [0.5, 0.6) is 0 Å². The summed E-state index contributed by atoms with van der Waals surface area (Å²) in [5.74, 6) is 0.687. The zero-order valence-corrected chi connectivity index (χ0v) is 12.5. The van der Waals surface area contributed by atoms with Crippen LogP contribution in [-0.4, -0.2) is 14.5 Å². The van der Waals surface area contributed by atoms with Crippen molar-refractivity contribution in [3.63, 3.8) is 0 Å². The lowest BCUT2D eigenvalue weighted by molar-refractivity contribution is 0.875. The Balaban J connectivity index is 2.40. The molecule has 0 radical (unpaired) electrons. The van der Waals surface area contributed by atoms with Gasteiger partial charge in [-0.1, -0.05) is 12.1 Å². The van der Waals surface area contributed by atoms with Crippen LogP contribution in [0.3, 0.4) is 0 Å². The summed E-state index contributed by atoms with van der Waals surface area (Å²) in [6.07, 6.45) is 1.79. The SMILES string of the molecule is Cc1cnc2c(c1)nc(C(C)Cl)n2-c1ccccc1C#N. The monoisotopic (exact) mass is 296 g/mol. The Labute approximate surface area is 127 Å². The number of nitrogens with zero attached hydrogens (tertiary/aromatic N) is 4. The lowest BCUT2D eigenvalue weighted by Crippen LogP contribution is -2.04. The fourth-order valence-electron chi connectivity index (χ4n) is 2.35. The summed E-state index contributed by atoms with van der Waals surface area (Å²) in [5, 5.41) is 9.04. The quantitative estimate of drug-likeness (QED) is 0.674. The highest BCUT2D eigenvalue weighted by molar-refractivity contribution is 6.20. The zero-order valence-electron chi connectivity index (χ0n) is 11.7. The topological polar surface area (TPSA) is 54.5 Å². The number of aryl methyl sites for hydroxylation is 1. The molecular formula is C16H13ClN4. The first-order valence-electron chi connectivity index (χ1n) is 6.60. The van der Waals surface area contributed by atoms with Gasteiger partial charge in [-0.25, -0.2) is 9.97 Å². The van der Waals surface area contributed by atoms with E-state index in [1.165, 1.54) is 0 Å². The Kier molecular flexibility index (Phi) is 3.36. The summed E-state index contributed by atoms with van der Waals surface area (Å²) in [4.78, 5) is 9.05. The van der Waals surface area contributed by atoms with Crippen LogP contribution in [0.25, 0.3) is 16.9 Å². The number of pyridine rings is 1. The predicted molar refractivity (Wildman–Crippen MR) is 82.6 cm³/mol. The first-order valence-corrected chi connectivity index (χ1v) is 7.04. The molecule has 5 heteroatoms. The molecule has 1 aromatic carbocycles. The summed E-state index contributed by atoms with van der Waals surface area (Å²) in [7, 11) is 0. The second kappa shape index (κ2) is 5.19. The van der Waals surface area contributed by atoms with Gasteiger partial charge >= 0.3 is 0 Å². The van der Waals surface area contributed by atoms with E-state index in [4.69, 9.17) is 11.6 Å². The van der Waals surface area contributed by atoms with E-state index in [1.54, 1.807) is 12.3 Å². The minimum absolute atomic E-state index is 0.286. The van der Waals surface area contributed by atoms with E-state index in [0.29, 0.717) is 17.0 Å². The molecular weight excluding hydrogens is 284 g/mol. The van der Waals surface area contributed by atoms with E-state index in [-0.39, 0.29) is 5.38 Å². The molecule has 0 aliphatic carbocycles. The van der Waals surface area contributed by atoms with Gasteiger partial charge < -0.3 is 0 Å². The van der Waals surface area contributed by atoms with Gasteiger partial charge in [0.2, 0.25) is 0 Å². The minimum atomic E-state index is -0.286. The van der Waals surface area contributed by atoms with Gasteiger partial charge in [-0.2, -0.15) is 5.26 Å². The fraction of sp³-hybridized carbons (Fsp3) is 0.188. The highest BCUT2D eigenvalue weighted by Gasteiger charge is 2.19. The van der Waals surface area contributed by atoms with E-state index >= 15 is 0 Å². The number of benzene rings is 1. The molecule has 1 unspecified atom stereocenters. The number of imidazole rings is 1. The lowest BCUT2D eigenvalue weighted by Gasteiger charge is -2.11. The third-order valence-corrected chi connectivity index (χ3v) is 3.48. The number of rotatable bonds is 2. The maximum Gasteiger partial charge on any atom is 0.164 e. The number of hydrogen-bond acceptors (Lipinski definition) is 3. The van der Waals surface area contributed by atoms with Gasteiger partial charge in [-0.3, -0.25) is 4.57 Å². The van der Waals surface area contributed by atoms with Crippen molar-refractivity contribution in [3.8, 4) is 11.8 Å². The van der Waals surface area contributed by atoms with Crippen molar-refractivity contribution in [2.24, 2.45) is 0 Å². The van der Waals surface area contributed by atoms with Crippen molar-refractivity contribution >= 4 is 22.8 Å². The molecule has 0 spiro atoms. The minimum Gasteiger partial charge on any atom is -0.278 e. The third-order valence-electron chi connectivity index (χ3n) is 3.28. The maximum absolute atomic E-state index is 9.33. The van der Waals surface area contributed by atoms with E-state index < -0.39 is 0 Å². The summed E-state index contributed by atoms with van der Waals surface area (Å²) in [5.41, 5.74) is 3.85. The van der Waals surface area contributed by atoms with Crippen LogP contribution in [0.1, 0.15) is 29.3 Å². The molecule has 3 aromatic rings. The van der Waals surface area contributed by atoms with Crippen molar-refractivity contribution in [2.45, 2.75) is 19.2 Å². The van der Waals surface area contributed by atoms with Gasteiger partial charge in [-0.15, -0.1) is 11.6 Å². The first-order chi connectivity index (χ1) is 10.1. The fourth-order valence-corrected chi connectivity index (χ4v) is 2.50. The second-order valence-electron chi connectivity index (χ2n) is 4.91. The van der Waals surface area contributed by atoms with Crippen LogP contribution in [0.4, 0.5) is 0 Å². The summed E-state index contributed by atoms with van der Waals surface area (Å²) in [6, 6.07) is 11.6. The molecule has 2 heterocycles. The largest absolute Gasteiger partial charge is 0.278 e. The molecule has 2 aromatic heterocycles. The van der Waals surface area contributed by atoms with Crippen molar-refractivity contribution in [3.05, 3.63) is 53.5 Å². The van der Waals surface area contributed by atoms with Gasteiger partial charge in [-0.05, 0) is 37.6 Å². The molecule has 0 amide bonds. The molecule has 0 fully saturated rings. The molecule has 104 valence electrons. The zero-order chi connectivity index (χ0) is 15.0. The van der Waals surface area contributed by atoms with Crippen LogP contribution in [0.2, 0.25) is 0 Å². The number of nitriles is 1. The number of halogens is 1. The highest BCUT2D eigenvalue weighted by Crippen LogP contribution is 2.28. The van der Waals surface area contributed by atoms with Gasteiger partial charge in [0, 0.05) is 6.20 Å². The van der Waals surface area contributed by atoms with Crippen molar-refractivity contribution in [1.29, 1.82) is 5.26 Å². The summed E-state index contributed by atoms with van der Waals surface area (Å²) in [6.45, 7) is 3.83. The van der Waals surface area contributed by atoms with Gasteiger partial charge in [0.15, 0.2) is 5.65 Å². The van der Waals surface area contributed by atoms with Crippen LogP contribution in [-0.2, 0) is 0 Å². The molecule has 0 aliphatic heterocycles.